The van der Waals surface area contributed by atoms with Gasteiger partial charge in [-0.25, -0.2) is 14.0 Å². The summed E-state index contributed by atoms with van der Waals surface area (Å²) in [4.78, 5) is 32.9. The first-order chi connectivity index (χ1) is 9.79. The SMILES string of the molecule is O=C(O)CC[C@H](NC(=O)Nc1ccc(Br)cc1F)C(=O)O. The Kier molecular flexibility index (Phi) is 6.10. The molecule has 0 aliphatic heterocycles. The molecule has 2 amide bonds. The Morgan fingerprint density at radius 1 is 1.29 bits per heavy atom. The fourth-order valence-electron chi connectivity index (χ4n) is 1.43. The molecule has 0 saturated heterocycles. The van der Waals surface area contributed by atoms with E-state index in [4.69, 9.17) is 10.2 Å². The number of urea groups is 1. The largest absolute Gasteiger partial charge is 0.481 e. The molecule has 114 valence electrons. The van der Waals surface area contributed by atoms with Crippen LogP contribution in [-0.4, -0.2) is 34.2 Å². The number of carboxylic acid groups (broad SMARTS) is 2. The first-order valence-corrected chi connectivity index (χ1v) is 6.56. The summed E-state index contributed by atoms with van der Waals surface area (Å²) < 4.78 is 14.0. The van der Waals surface area contributed by atoms with Crippen LogP contribution in [0.3, 0.4) is 0 Å². The number of benzene rings is 1. The molecule has 0 unspecified atom stereocenters. The fraction of sp³-hybridized carbons (Fsp3) is 0.250. The number of anilines is 1. The Hall–Kier alpha value is -2.16. The molecule has 0 heterocycles. The first-order valence-electron chi connectivity index (χ1n) is 5.76. The molecule has 0 aliphatic rings. The number of hydrogen-bond acceptors (Lipinski definition) is 3. The molecule has 21 heavy (non-hydrogen) atoms. The highest BCUT2D eigenvalue weighted by molar-refractivity contribution is 9.10. The van der Waals surface area contributed by atoms with Crippen LogP contribution in [0.2, 0.25) is 0 Å². The predicted molar refractivity (Wildman–Crippen MR) is 74.5 cm³/mol. The molecule has 0 aromatic heterocycles. The minimum Gasteiger partial charge on any atom is -0.481 e. The molecular weight excluding hydrogens is 351 g/mol. The summed E-state index contributed by atoms with van der Waals surface area (Å²) in [6.45, 7) is 0. The van der Waals surface area contributed by atoms with Gasteiger partial charge in [-0.05, 0) is 24.6 Å². The van der Waals surface area contributed by atoms with Crippen LogP contribution < -0.4 is 10.6 Å². The Labute approximate surface area is 127 Å². The Bertz CT molecular complexity index is 567. The molecule has 1 aromatic carbocycles. The number of amides is 2. The van der Waals surface area contributed by atoms with Gasteiger partial charge in [-0.3, -0.25) is 4.79 Å². The van der Waals surface area contributed by atoms with Crippen LogP contribution in [0, 0.1) is 5.82 Å². The maximum absolute atomic E-state index is 13.5. The zero-order valence-electron chi connectivity index (χ0n) is 10.6. The lowest BCUT2D eigenvalue weighted by molar-refractivity contribution is -0.140. The molecule has 0 spiro atoms. The number of rotatable bonds is 6. The number of aliphatic carboxylic acids is 2. The lowest BCUT2D eigenvalue weighted by Crippen LogP contribution is -2.43. The van der Waals surface area contributed by atoms with Gasteiger partial charge in [0, 0.05) is 10.9 Å². The normalized spacial score (nSPS) is 11.5. The smallest absolute Gasteiger partial charge is 0.326 e. The summed E-state index contributed by atoms with van der Waals surface area (Å²) in [5.74, 6) is -3.25. The molecule has 7 nitrogen and oxygen atoms in total. The maximum atomic E-state index is 13.5. The van der Waals surface area contributed by atoms with Crippen molar-refractivity contribution in [3.05, 3.63) is 28.5 Å². The first kappa shape index (κ1) is 16.9. The van der Waals surface area contributed by atoms with E-state index in [-0.39, 0.29) is 12.1 Å². The standard InChI is InChI=1S/C12H12BrFN2O5/c13-6-1-2-8(7(14)5-6)15-12(21)16-9(11(19)20)3-4-10(17)18/h1-2,5,9H,3-4H2,(H,17,18)(H,19,20)(H2,15,16,21)/t9-/m0/s1. The van der Waals surface area contributed by atoms with Crippen molar-refractivity contribution in [2.24, 2.45) is 0 Å². The van der Waals surface area contributed by atoms with Crippen molar-refractivity contribution in [2.45, 2.75) is 18.9 Å². The Morgan fingerprint density at radius 2 is 1.95 bits per heavy atom. The molecule has 0 radical (unpaired) electrons. The van der Waals surface area contributed by atoms with E-state index in [1.54, 1.807) is 0 Å². The van der Waals surface area contributed by atoms with Gasteiger partial charge in [0.2, 0.25) is 0 Å². The van der Waals surface area contributed by atoms with E-state index in [0.29, 0.717) is 4.47 Å². The fourth-order valence-corrected chi connectivity index (χ4v) is 1.77. The van der Waals surface area contributed by atoms with Gasteiger partial charge in [0.15, 0.2) is 0 Å². The molecule has 9 heteroatoms. The van der Waals surface area contributed by atoms with Crippen LogP contribution in [0.15, 0.2) is 22.7 Å². The molecule has 0 bridgehead atoms. The van der Waals surface area contributed by atoms with E-state index >= 15 is 0 Å². The highest BCUT2D eigenvalue weighted by atomic mass is 79.9. The van der Waals surface area contributed by atoms with Crippen LogP contribution in [-0.2, 0) is 9.59 Å². The monoisotopic (exact) mass is 362 g/mol. The average Bonchev–Trinajstić information content (AvgIpc) is 2.37. The topological polar surface area (TPSA) is 116 Å². The van der Waals surface area contributed by atoms with Gasteiger partial charge in [0.1, 0.15) is 11.9 Å². The number of hydrogen-bond donors (Lipinski definition) is 4. The molecule has 0 fully saturated rings. The third kappa shape index (κ3) is 5.78. The number of nitrogens with one attached hydrogen (secondary N) is 2. The van der Waals surface area contributed by atoms with Crippen molar-refractivity contribution < 1.29 is 29.0 Å². The number of halogens is 2. The van der Waals surface area contributed by atoms with E-state index in [1.807, 2.05) is 0 Å². The predicted octanol–water partition coefficient (Wildman–Crippen LogP) is 2.03. The molecule has 4 N–H and O–H groups in total. The lowest BCUT2D eigenvalue weighted by atomic mass is 10.1. The van der Waals surface area contributed by atoms with Crippen LogP contribution in [0.1, 0.15) is 12.8 Å². The summed E-state index contributed by atoms with van der Waals surface area (Å²) in [7, 11) is 0. The highest BCUT2D eigenvalue weighted by Gasteiger charge is 2.21. The van der Waals surface area contributed by atoms with Crippen molar-refractivity contribution >= 4 is 39.6 Å². The van der Waals surface area contributed by atoms with E-state index in [2.05, 4.69) is 26.6 Å². The Balaban J connectivity index is 2.65. The summed E-state index contributed by atoms with van der Waals surface area (Å²) in [6.07, 6.45) is -0.690. The van der Waals surface area contributed by atoms with E-state index in [0.717, 1.165) is 6.07 Å². The van der Waals surface area contributed by atoms with Crippen LogP contribution >= 0.6 is 15.9 Å². The quantitative estimate of drug-likeness (QED) is 0.617. The van der Waals surface area contributed by atoms with Crippen molar-refractivity contribution in [1.29, 1.82) is 0 Å². The summed E-state index contributed by atoms with van der Waals surface area (Å²) in [6, 6.07) is 1.62. The van der Waals surface area contributed by atoms with Crippen LogP contribution in [0.5, 0.6) is 0 Å². The van der Waals surface area contributed by atoms with Crippen molar-refractivity contribution in [1.82, 2.24) is 5.32 Å². The molecule has 0 aliphatic carbocycles. The minimum absolute atomic E-state index is 0.127. The third-order valence-corrected chi connectivity index (χ3v) is 2.92. The second-order valence-corrected chi connectivity index (χ2v) is 4.96. The van der Waals surface area contributed by atoms with Gasteiger partial charge in [0.25, 0.3) is 0 Å². The Morgan fingerprint density at radius 3 is 2.48 bits per heavy atom. The average molecular weight is 363 g/mol. The molecule has 1 rings (SSSR count). The zero-order chi connectivity index (χ0) is 16.0. The van der Waals surface area contributed by atoms with Gasteiger partial charge in [0.05, 0.1) is 5.69 Å². The number of carboxylic acids is 2. The van der Waals surface area contributed by atoms with Crippen molar-refractivity contribution in [3.63, 3.8) is 0 Å². The molecule has 1 aromatic rings. The third-order valence-electron chi connectivity index (χ3n) is 2.43. The minimum atomic E-state index is -1.38. The lowest BCUT2D eigenvalue weighted by Gasteiger charge is -2.14. The molecule has 0 saturated carbocycles. The van der Waals surface area contributed by atoms with Gasteiger partial charge in [-0.1, -0.05) is 15.9 Å². The van der Waals surface area contributed by atoms with Gasteiger partial charge >= 0.3 is 18.0 Å². The zero-order valence-corrected chi connectivity index (χ0v) is 12.2. The van der Waals surface area contributed by atoms with E-state index in [9.17, 15) is 18.8 Å². The van der Waals surface area contributed by atoms with Crippen molar-refractivity contribution in [3.8, 4) is 0 Å². The van der Waals surface area contributed by atoms with Crippen LogP contribution in [0.25, 0.3) is 0 Å². The highest BCUT2D eigenvalue weighted by Crippen LogP contribution is 2.19. The van der Waals surface area contributed by atoms with E-state index < -0.39 is 36.2 Å². The second kappa shape index (κ2) is 7.58. The summed E-state index contributed by atoms with van der Waals surface area (Å²) in [5, 5.41) is 21.6. The van der Waals surface area contributed by atoms with Crippen molar-refractivity contribution in [2.75, 3.05) is 5.32 Å². The summed E-state index contributed by atoms with van der Waals surface area (Å²) in [5.41, 5.74) is -0.127. The summed E-state index contributed by atoms with van der Waals surface area (Å²) >= 11 is 3.05. The molecule has 1 atom stereocenters. The second-order valence-electron chi connectivity index (χ2n) is 4.05. The van der Waals surface area contributed by atoms with Gasteiger partial charge < -0.3 is 20.8 Å². The number of carbonyl (C=O) groups excluding carboxylic acids is 1. The van der Waals surface area contributed by atoms with E-state index in [1.165, 1.54) is 12.1 Å². The molecular formula is C12H12BrFN2O5. The maximum Gasteiger partial charge on any atom is 0.326 e. The van der Waals surface area contributed by atoms with Gasteiger partial charge in [-0.2, -0.15) is 0 Å². The number of carbonyl (C=O) groups is 3. The van der Waals surface area contributed by atoms with Crippen LogP contribution in [0.4, 0.5) is 14.9 Å². The van der Waals surface area contributed by atoms with Gasteiger partial charge in [-0.15, -0.1) is 0 Å².